The van der Waals surface area contributed by atoms with Gasteiger partial charge in [0.25, 0.3) is 0 Å². The molecule has 1 atom stereocenters. The molecule has 22 heavy (non-hydrogen) atoms. The molecule has 1 saturated heterocycles. The normalized spacial score (nSPS) is 18.1. The van der Waals surface area contributed by atoms with Crippen LogP contribution in [-0.2, 0) is 10.0 Å². The summed E-state index contributed by atoms with van der Waals surface area (Å²) in [5.74, 6) is 0.383. The Labute approximate surface area is 132 Å². The molecule has 2 N–H and O–H groups in total. The molecule has 1 aliphatic heterocycles. The fourth-order valence-electron chi connectivity index (χ4n) is 2.68. The number of nitrogens with zero attached hydrogens (tertiary/aromatic N) is 2. The van der Waals surface area contributed by atoms with Crippen LogP contribution < -0.4 is 5.32 Å². The zero-order valence-corrected chi connectivity index (χ0v) is 13.8. The zero-order valence-electron chi connectivity index (χ0n) is 13.0. The van der Waals surface area contributed by atoms with Crippen LogP contribution in [0.2, 0.25) is 0 Å². The summed E-state index contributed by atoms with van der Waals surface area (Å²) in [5.41, 5.74) is 0. The summed E-state index contributed by atoms with van der Waals surface area (Å²) in [6.07, 6.45) is 5.84. The van der Waals surface area contributed by atoms with Crippen molar-refractivity contribution in [1.29, 1.82) is 0 Å². The lowest BCUT2D eigenvalue weighted by Gasteiger charge is -2.27. The molecule has 124 valence electrons. The standard InChI is InChI=1S/C15H25N3O3S/c1-2-13(8-12-19)17-15-14(7-6-9-16-15)22(20,21)18-10-4-3-5-11-18/h6-7,9,13,19H,2-5,8,10-12H2,1H3,(H,16,17). The van der Waals surface area contributed by atoms with Gasteiger partial charge in [0.1, 0.15) is 10.7 Å². The maximum atomic E-state index is 12.8. The highest BCUT2D eigenvalue weighted by molar-refractivity contribution is 7.89. The molecule has 6 nitrogen and oxygen atoms in total. The van der Waals surface area contributed by atoms with Crippen molar-refractivity contribution in [3.8, 4) is 0 Å². The first-order valence-corrected chi connectivity index (χ1v) is 9.36. The molecule has 0 saturated carbocycles. The molecule has 1 aromatic rings. The monoisotopic (exact) mass is 327 g/mol. The Kier molecular flexibility index (Phi) is 6.16. The summed E-state index contributed by atoms with van der Waals surface area (Å²) >= 11 is 0. The smallest absolute Gasteiger partial charge is 0.246 e. The molecule has 0 amide bonds. The first-order valence-electron chi connectivity index (χ1n) is 7.92. The molecule has 7 heteroatoms. The highest BCUT2D eigenvalue weighted by Crippen LogP contribution is 2.26. The van der Waals surface area contributed by atoms with Gasteiger partial charge in [0.05, 0.1) is 0 Å². The third-order valence-corrected chi connectivity index (χ3v) is 5.94. The lowest BCUT2D eigenvalue weighted by atomic mass is 10.1. The number of pyridine rings is 1. The van der Waals surface area contributed by atoms with Crippen molar-refractivity contribution in [3.63, 3.8) is 0 Å². The third kappa shape index (κ3) is 3.97. The number of aromatic nitrogens is 1. The van der Waals surface area contributed by atoms with Gasteiger partial charge in [-0.05, 0) is 37.8 Å². The van der Waals surface area contributed by atoms with Crippen molar-refractivity contribution in [3.05, 3.63) is 18.3 Å². The van der Waals surface area contributed by atoms with Gasteiger partial charge >= 0.3 is 0 Å². The average molecular weight is 327 g/mol. The molecular formula is C15H25N3O3S. The van der Waals surface area contributed by atoms with E-state index in [1.54, 1.807) is 22.6 Å². The van der Waals surface area contributed by atoms with E-state index in [-0.39, 0.29) is 17.5 Å². The van der Waals surface area contributed by atoms with Crippen LogP contribution in [0.15, 0.2) is 23.2 Å². The summed E-state index contributed by atoms with van der Waals surface area (Å²) in [6.45, 7) is 3.21. The van der Waals surface area contributed by atoms with Crippen LogP contribution in [-0.4, -0.2) is 48.6 Å². The number of nitrogens with one attached hydrogen (secondary N) is 1. The molecule has 2 heterocycles. The van der Waals surface area contributed by atoms with Crippen LogP contribution in [0.1, 0.15) is 39.0 Å². The summed E-state index contributed by atoms with van der Waals surface area (Å²) < 4.78 is 27.2. The number of anilines is 1. The van der Waals surface area contributed by atoms with Gasteiger partial charge in [-0.1, -0.05) is 13.3 Å². The Hall–Kier alpha value is -1.18. The summed E-state index contributed by atoms with van der Waals surface area (Å²) in [4.78, 5) is 4.44. The van der Waals surface area contributed by atoms with E-state index in [1.807, 2.05) is 6.92 Å². The second kappa shape index (κ2) is 7.89. The maximum Gasteiger partial charge on any atom is 0.246 e. The fourth-order valence-corrected chi connectivity index (χ4v) is 4.30. The molecular weight excluding hydrogens is 302 g/mol. The van der Waals surface area contributed by atoms with Gasteiger partial charge in [0, 0.05) is 31.9 Å². The van der Waals surface area contributed by atoms with E-state index in [0.29, 0.717) is 25.3 Å². The van der Waals surface area contributed by atoms with E-state index >= 15 is 0 Å². The van der Waals surface area contributed by atoms with Gasteiger partial charge in [-0.3, -0.25) is 0 Å². The predicted octanol–water partition coefficient (Wildman–Crippen LogP) is 1.83. The number of sulfonamides is 1. The summed E-state index contributed by atoms with van der Waals surface area (Å²) in [6, 6.07) is 3.26. The van der Waals surface area contributed by atoms with Gasteiger partial charge in [0.15, 0.2) is 0 Å². The lowest BCUT2D eigenvalue weighted by molar-refractivity contribution is 0.278. The lowest BCUT2D eigenvalue weighted by Crippen LogP contribution is -2.36. The third-order valence-electron chi connectivity index (χ3n) is 4.01. The molecule has 2 rings (SSSR count). The largest absolute Gasteiger partial charge is 0.396 e. The van der Waals surface area contributed by atoms with E-state index in [2.05, 4.69) is 10.3 Å². The van der Waals surface area contributed by atoms with E-state index in [4.69, 9.17) is 5.11 Å². The number of hydrogen-bond donors (Lipinski definition) is 2. The number of piperidine rings is 1. The van der Waals surface area contributed by atoms with E-state index < -0.39 is 10.0 Å². The van der Waals surface area contributed by atoms with Crippen molar-refractivity contribution in [2.75, 3.05) is 25.0 Å². The quantitative estimate of drug-likeness (QED) is 0.798. The fraction of sp³-hybridized carbons (Fsp3) is 0.667. The maximum absolute atomic E-state index is 12.8. The van der Waals surface area contributed by atoms with Gasteiger partial charge in [-0.15, -0.1) is 0 Å². The minimum Gasteiger partial charge on any atom is -0.396 e. The van der Waals surface area contributed by atoms with Crippen LogP contribution in [0.25, 0.3) is 0 Å². The molecule has 0 aliphatic carbocycles. The Morgan fingerprint density at radius 2 is 2.09 bits per heavy atom. The second-order valence-electron chi connectivity index (χ2n) is 5.58. The SMILES string of the molecule is CCC(CCO)Nc1ncccc1S(=O)(=O)N1CCCCC1. The summed E-state index contributed by atoms with van der Waals surface area (Å²) in [7, 11) is -3.52. The van der Waals surface area contributed by atoms with Crippen LogP contribution in [0.3, 0.4) is 0 Å². The minimum absolute atomic E-state index is 0.00945. The molecule has 1 aromatic heterocycles. The molecule has 0 bridgehead atoms. The molecule has 0 aromatic carbocycles. The average Bonchev–Trinajstić information content (AvgIpc) is 2.55. The number of aliphatic hydroxyl groups is 1. The topological polar surface area (TPSA) is 82.5 Å². The molecule has 0 radical (unpaired) electrons. The molecule has 1 aliphatic rings. The van der Waals surface area contributed by atoms with E-state index in [0.717, 1.165) is 25.7 Å². The Morgan fingerprint density at radius 3 is 2.73 bits per heavy atom. The van der Waals surface area contributed by atoms with Crippen LogP contribution in [0.4, 0.5) is 5.82 Å². The van der Waals surface area contributed by atoms with Crippen molar-refractivity contribution in [2.24, 2.45) is 0 Å². The zero-order chi connectivity index (χ0) is 16.0. The Morgan fingerprint density at radius 1 is 1.36 bits per heavy atom. The first kappa shape index (κ1) is 17.2. The minimum atomic E-state index is -3.52. The highest BCUT2D eigenvalue weighted by atomic mass is 32.2. The summed E-state index contributed by atoms with van der Waals surface area (Å²) in [5, 5.41) is 12.3. The van der Waals surface area contributed by atoms with Crippen molar-refractivity contribution < 1.29 is 13.5 Å². The van der Waals surface area contributed by atoms with Crippen molar-refractivity contribution in [2.45, 2.75) is 50.0 Å². The number of aliphatic hydroxyl groups excluding tert-OH is 1. The van der Waals surface area contributed by atoms with E-state index in [9.17, 15) is 8.42 Å². The van der Waals surface area contributed by atoms with Gasteiger partial charge < -0.3 is 10.4 Å². The van der Waals surface area contributed by atoms with Gasteiger partial charge in [0.2, 0.25) is 10.0 Å². The number of rotatable bonds is 7. The second-order valence-corrected chi connectivity index (χ2v) is 7.48. The van der Waals surface area contributed by atoms with Crippen molar-refractivity contribution in [1.82, 2.24) is 9.29 Å². The van der Waals surface area contributed by atoms with Gasteiger partial charge in [-0.2, -0.15) is 4.31 Å². The molecule has 1 fully saturated rings. The van der Waals surface area contributed by atoms with Crippen molar-refractivity contribution >= 4 is 15.8 Å². The van der Waals surface area contributed by atoms with Crippen LogP contribution in [0, 0.1) is 0 Å². The van der Waals surface area contributed by atoms with Gasteiger partial charge in [-0.25, -0.2) is 13.4 Å². The number of hydrogen-bond acceptors (Lipinski definition) is 5. The Bertz CT molecular complexity index is 571. The van der Waals surface area contributed by atoms with Crippen LogP contribution in [0.5, 0.6) is 0 Å². The predicted molar refractivity (Wildman–Crippen MR) is 86.3 cm³/mol. The molecule has 1 unspecified atom stereocenters. The highest BCUT2D eigenvalue weighted by Gasteiger charge is 2.29. The molecule has 0 spiro atoms. The van der Waals surface area contributed by atoms with Crippen LogP contribution >= 0.6 is 0 Å². The Balaban J connectivity index is 2.26. The van der Waals surface area contributed by atoms with E-state index in [1.165, 1.54) is 0 Å². The first-order chi connectivity index (χ1) is 10.6.